The van der Waals surface area contributed by atoms with Gasteiger partial charge in [0.05, 0.1) is 4.47 Å². The number of nitrogen functional groups attached to an aromatic ring is 1. The quantitative estimate of drug-likeness (QED) is 0.863. The monoisotopic (exact) mass is 289 g/mol. The third kappa shape index (κ3) is 2.74. The van der Waals surface area contributed by atoms with Crippen molar-refractivity contribution in [1.29, 1.82) is 5.26 Å². The van der Waals surface area contributed by atoms with Gasteiger partial charge < -0.3 is 10.5 Å². The van der Waals surface area contributed by atoms with Crippen molar-refractivity contribution >= 4 is 21.6 Å². The first-order valence-corrected chi connectivity index (χ1v) is 5.58. The Balaban J connectivity index is 2.31. The van der Waals surface area contributed by atoms with Crippen molar-refractivity contribution in [3.63, 3.8) is 0 Å². The van der Waals surface area contributed by atoms with Crippen LogP contribution in [0.3, 0.4) is 0 Å². The standard InChI is InChI=1S/C12H8BrN3O/c13-10-5-4-8(15)6-11(10)17-12-3-1-2-9(7-14)16-12/h1-6H,15H2. The van der Waals surface area contributed by atoms with E-state index in [4.69, 9.17) is 15.7 Å². The van der Waals surface area contributed by atoms with E-state index < -0.39 is 0 Å². The maximum Gasteiger partial charge on any atom is 0.220 e. The third-order valence-corrected chi connectivity index (χ3v) is 2.66. The Morgan fingerprint density at radius 2 is 2.12 bits per heavy atom. The molecule has 0 amide bonds. The van der Waals surface area contributed by atoms with Gasteiger partial charge in [0.2, 0.25) is 5.88 Å². The van der Waals surface area contributed by atoms with E-state index in [0.717, 1.165) is 4.47 Å². The average molecular weight is 290 g/mol. The molecule has 2 N–H and O–H groups in total. The van der Waals surface area contributed by atoms with Gasteiger partial charge in [0.25, 0.3) is 0 Å². The minimum atomic E-state index is 0.308. The number of anilines is 1. The largest absolute Gasteiger partial charge is 0.438 e. The summed E-state index contributed by atoms with van der Waals surface area (Å²) in [5, 5.41) is 8.73. The summed E-state index contributed by atoms with van der Waals surface area (Å²) in [7, 11) is 0. The summed E-state index contributed by atoms with van der Waals surface area (Å²) in [5.41, 5.74) is 6.57. The van der Waals surface area contributed by atoms with Crippen LogP contribution in [0, 0.1) is 11.3 Å². The number of nitriles is 1. The molecule has 0 atom stereocenters. The van der Waals surface area contributed by atoms with Gasteiger partial charge in [-0.25, -0.2) is 4.98 Å². The molecule has 0 aliphatic heterocycles. The van der Waals surface area contributed by atoms with Crippen molar-refractivity contribution < 1.29 is 4.74 Å². The molecule has 0 radical (unpaired) electrons. The van der Waals surface area contributed by atoms with Gasteiger partial charge in [0.15, 0.2) is 0 Å². The molecular weight excluding hydrogens is 282 g/mol. The number of ether oxygens (including phenoxy) is 1. The van der Waals surface area contributed by atoms with E-state index in [0.29, 0.717) is 23.0 Å². The number of hydrogen-bond donors (Lipinski definition) is 1. The van der Waals surface area contributed by atoms with Crippen LogP contribution in [-0.4, -0.2) is 4.98 Å². The second-order valence-electron chi connectivity index (χ2n) is 3.26. The molecule has 0 spiro atoms. The molecule has 0 bridgehead atoms. The smallest absolute Gasteiger partial charge is 0.220 e. The first kappa shape index (κ1) is 11.4. The summed E-state index contributed by atoms with van der Waals surface area (Å²) in [6.07, 6.45) is 0. The Morgan fingerprint density at radius 3 is 2.88 bits per heavy atom. The molecular formula is C12H8BrN3O. The third-order valence-electron chi connectivity index (χ3n) is 2.01. The zero-order chi connectivity index (χ0) is 12.3. The summed E-state index contributed by atoms with van der Waals surface area (Å²) in [4.78, 5) is 4.01. The van der Waals surface area contributed by atoms with E-state index in [1.54, 1.807) is 36.4 Å². The molecule has 0 fully saturated rings. The number of aromatic nitrogens is 1. The Morgan fingerprint density at radius 1 is 1.29 bits per heavy atom. The average Bonchev–Trinajstić information content (AvgIpc) is 2.34. The number of hydrogen-bond acceptors (Lipinski definition) is 4. The van der Waals surface area contributed by atoms with Gasteiger partial charge >= 0.3 is 0 Å². The number of nitrogens with zero attached hydrogens (tertiary/aromatic N) is 2. The molecule has 0 saturated carbocycles. The normalized spacial score (nSPS) is 9.65. The number of nitrogens with two attached hydrogens (primary N) is 1. The second-order valence-corrected chi connectivity index (χ2v) is 4.12. The lowest BCUT2D eigenvalue weighted by molar-refractivity contribution is 0.460. The predicted molar refractivity (Wildman–Crippen MR) is 67.6 cm³/mol. The van der Waals surface area contributed by atoms with Crippen molar-refractivity contribution in [3.05, 3.63) is 46.6 Å². The van der Waals surface area contributed by atoms with Crippen LogP contribution >= 0.6 is 15.9 Å². The zero-order valence-corrected chi connectivity index (χ0v) is 10.3. The molecule has 17 heavy (non-hydrogen) atoms. The molecule has 1 aromatic carbocycles. The van der Waals surface area contributed by atoms with E-state index in [-0.39, 0.29) is 0 Å². The highest BCUT2D eigenvalue weighted by atomic mass is 79.9. The van der Waals surface area contributed by atoms with Crippen LogP contribution < -0.4 is 10.5 Å². The minimum absolute atomic E-state index is 0.308. The van der Waals surface area contributed by atoms with Crippen molar-refractivity contribution in [1.82, 2.24) is 4.98 Å². The molecule has 1 aromatic heterocycles. The summed E-state index contributed by atoms with van der Waals surface area (Å²) in [5.74, 6) is 0.919. The second kappa shape index (κ2) is 4.85. The van der Waals surface area contributed by atoms with E-state index >= 15 is 0 Å². The Kier molecular flexibility index (Phi) is 3.26. The SMILES string of the molecule is N#Cc1cccc(Oc2cc(N)ccc2Br)n1. The summed E-state index contributed by atoms with van der Waals surface area (Å²) >= 11 is 3.35. The molecule has 0 aliphatic rings. The molecule has 0 aliphatic carbocycles. The number of pyridine rings is 1. The first-order chi connectivity index (χ1) is 8.19. The van der Waals surface area contributed by atoms with E-state index in [1.807, 2.05) is 6.07 Å². The highest BCUT2D eigenvalue weighted by molar-refractivity contribution is 9.10. The van der Waals surface area contributed by atoms with Gasteiger partial charge in [-0.2, -0.15) is 5.26 Å². The van der Waals surface area contributed by atoms with Gasteiger partial charge in [0.1, 0.15) is 17.5 Å². The summed E-state index contributed by atoms with van der Waals surface area (Å²) in [6.45, 7) is 0. The van der Waals surface area contributed by atoms with Gasteiger partial charge in [0, 0.05) is 17.8 Å². The molecule has 0 saturated heterocycles. The van der Waals surface area contributed by atoms with Crippen LogP contribution in [0.4, 0.5) is 5.69 Å². The van der Waals surface area contributed by atoms with E-state index in [9.17, 15) is 0 Å². The molecule has 5 heteroatoms. The number of rotatable bonds is 2. The molecule has 1 heterocycles. The maximum atomic E-state index is 8.73. The van der Waals surface area contributed by atoms with Crippen molar-refractivity contribution in [2.45, 2.75) is 0 Å². The van der Waals surface area contributed by atoms with Crippen LogP contribution in [0.25, 0.3) is 0 Å². The summed E-state index contributed by atoms with van der Waals surface area (Å²) in [6, 6.07) is 12.2. The van der Waals surface area contributed by atoms with Crippen LogP contribution in [0.1, 0.15) is 5.69 Å². The van der Waals surface area contributed by atoms with Crippen LogP contribution in [-0.2, 0) is 0 Å². The maximum absolute atomic E-state index is 8.73. The predicted octanol–water partition coefficient (Wildman–Crippen LogP) is 3.09. The van der Waals surface area contributed by atoms with Gasteiger partial charge in [-0.1, -0.05) is 6.07 Å². The van der Waals surface area contributed by atoms with Crippen LogP contribution in [0.2, 0.25) is 0 Å². The van der Waals surface area contributed by atoms with E-state index in [1.165, 1.54) is 0 Å². The molecule has 84 valence electrons. The highest BCUT2D eigenvalue weighted by Crippen LogP contribution is 2.30. The van der Waals surface area contributed by atoms with Gasteiger partial charge in [-0.15, -0.1) is 0 Å². The Labute approximate surface area is 107 Å². The van der Waals surface area contributed by atoms with Crippen molar-refractivity contribution in [2.24, 2.45) is 0 Å². The van der Waals surface area contributed by atoms with Crippen LogP contribution in [0.15, 0.2) is 40.9 Å². The lowest BCUT2D eigenvalue weighted by atomic mass is 10.3. The van der Waals surface area contributed by atoms with Gasteiger partial charge in [-0.05, 0) is 34.1 Å². The molecule has 2 rings (SSSR count). The Bertz CT molecular complexity index is 593. The lowest BCUT2D eigenvalue weighted by Crippen LogP contribution is -1.92. The number of benzene rings is 1. The topological polar surface area (TPSA) is 71.9 Å². The van der Waals surface area contributed by atoms with Crippen molar-refractivity contribution in [2.75, 3.05) is 5.73 Å². The van der Waals surface area contributed by atoms with Gasteiger partial charge in [-0.3, -0.25) is 0 Å². The van der Waals surface area contributed by atoms with Crippen LogP contribution in [0.5, 0.6) is 11.6 Å². The van der Waals surface area contributed by atoms with E-state index in [2.05, 4.69) is 20.9 Å². The fourth-order valence-electron chi connectivity index (χ4n) is 1.24. The first-order valence-electron chi connectivity index (χ1n) is 4.79. The summed E-state index contributed by atoms with van der Waals surface area (Å²) < 4.78 is 6.32. The van der Waals surface area contributed by atoms with Crippen molar-refractivity contribution in [3.8, 4) is 17.7 Å². The molecule has 2 aromatic rings. The molecule has 0 unspecified atom stereocenters. The number of halogens is 1. The Hall–Kier alpha value is -2.06. The fourth-order valence-corrected chi connectivity index (χ4v) is 1.57. The minimum Gasteiger partial charge on any atom is -0.438 e. The zero-order valence-electron chi connectivity index (χ0n) is 8.72. The molecule has 4 nitrogen and oxygen atoms in total. The fraction of sp³-hybridized carbons (Fsp3) is 0. The highest BCUT2D eigenvalue weighted by Gasteiger charge is 2.05. The lowest BCUT2D eigenvalue weighted by Gasteiger charge is -2.07.